The second kappa shape index (κ2) is 7.17. The third-order valence-corrected chi connectivity index (χ3v) is 3.82. The number of rotatable bonds is 5. The third kappa shape index (κ3) is 4.15. The van der Waals surface area contributed by atoms with Crippen molar-refractivity contribution in [1.82, 2.24) is 10.3 Å². The molecule has 0 aliphatic rings. The van der Waals surface area contributed by atoms with E-state index in [0.29, 0.717) is 17.8 Å². The van der Waals surface area contributed by atoms with Crippen LogP contribution in [0.2, 0.25) is 5.15 Å². The van der Waals surface area contributed by atoms with E-state index >= 15 is 0 Å². The number of carbonyl (C=O) groups excluding carboxylic acids is 1. The second-order valence-electron chi connectivity index (χ2n) is 4.02. The van der Waals surface area contributed by atoms with Crippen molar-refractivity contribution >= 4 is 35.0 Å². The van der Waals surface area contributed by atoms with Gasteiger partial charge in [0.1, 0.15) is 5.15 Å². The number of halogens is 1. The average molecular weight is 308 g/mol. The number of thioether (sulfide) groups is 1. The Kier molecular flexibility index (Phi) is 5.26. The number of aromatic nitrogens is 1. The van der Waals surface area contributed by atoms with Gasteiger partial charge in [-0.05, 0) is 18.2 Å². The summed E-state index contributed by atoms with van der Waals surface area (Å²) in [6.45, 7) is 0.545. The van der Waals surface area contributed by atoms with E-state index in [-0.39, 0.29) is 11.1 Å². The van der Waals surface area contributed by atoms with Gasteiger partial charge in [-0.15, -0.1) is 11.8 Å². The minimum atomic E-state index is -0.261. The van der Waals surface area contributed by atoms with Crippen molar-refractivity contribution in [2.75, 3.05) is 18.0 Å². The van der Waals surface area contributed by atoms with E-state index < -0.39 is 0 Å². The van der Waals surface area contributed by atoms with E-state index in [1.807, 2.05) is 30.3 Å². The lowest BCUT2D eigenvalue weighted by Gasteiger charge is -2.07. The molecule has 0 aliphatic heterocycles. The van der Waals surface area contributed by atoms with Gasteiger partial charge >= 0.3 is 0 Å². The highest BCUT2D eigenvalue weighted by molar-refractivity contribution is 7.99. The lowest BCUT2D eigenvalue weighted by molar-refractivity contribution is 0.0956. The molecule has 0 saturated heterocycles. The molecule has 0 radical (unpaired) electrons. The molecular formula is C14H14ClN3OS. The number of benzene rings is 1. The molecule has 0 bridgehead atoms. The Morgan fingerprint density at radius 1 is 1.35 bits per heavy atom. The quantitative estimate of drug-likeness (QED) is 0.506. The van der Waals surface area contributed by atoms with Gasteiger partial charge in [-0.3, -0.25) is 4.79 Å². The maximum atomic E-state index is 11.9. The Morgan fingerprint density at radius 3 is 2.85 bits per heavy atom. The maximum Gasteiger partial charge on any atom is 0.254 e. The van der Waals surface area contributed by atoms with Crippen LogP contribution < -0.4 is 11.1 Å². The standard InChI is InChI=1S/C14H14ClN3OS/c15-13-12(8-10(16)9-18-13)14(19)17-6-7-20-11-4-2-1-3-5-11/h1-5,8-9H,6-7,16H2,(H,17,19). The molecule has 0 aliphatic carbocycles. The molecule has 1 amide bonds. The number of anilines is 1. The molecule has 0 atom stereocenters. The minimum absolute atomic E-state index is 0.160. The molecule has 3 N–H and O–H groups in total. The fraction of sp³-hybridized carbons (Fsp3) is 0.143. The van der Waals surface area contributed by atoms with E-state index in [1.165, 1.54) is 17.2 Å². The number of nitrogens with zero attached hydrogens (tertiary/aromatic N) is 1. The first-order valence-electron chi connectivity index (χ1n) is 6.04. The van der Waals surface area contributed by atoms with Crippen LogP contribution in [0.1, 0.15) is 10.4 Å². The zero-order valence-corrected chi connectivity index (χ0v) is 12.2. The lowest BCUT2D eigenvalue weighted by Crippen LogP contribution is -2.26. The summed E-state index contributed by atoms with van der Waals surface area (Å²) >= 11 is 7.54. The van der Waals surface area contributed by atoms with E-state index in [2.05, 4.69) is 10.3 Å². The summed E-state index contributed by atoms with van der Waals surface area (Å²) < 4.78 is 0. The molecule has 2 rings (SSSR count). The molecule has 6 heteroatoms. The van der Waals surface area contributed by atoms with Crippen LogP contribution in [0, 0.1) is 0 Å². The Morgan fingerprint density at radius 2 is 2.10 bits per heavy atom. The largest absolute Gasteiger partial charge is 0.397 e. The number of hydrogen-bond donors (Lipinski definition) is 2. The van der Waals surface area contributed by atoms with Gasteiger partial charge in [-0.2, -0.15) is 0 Å². The fourth-order valence-corrected chi connectivity index (χ4v) is 2.55. The number of nitrogens with one attached hydrogen (secondary N) is 1. The van der Waals surface area contributed by atoms with Crippen LogP contribution in [0.25, 0.3) is 0 Å². The van der Waals surface area contributed by atoms with Crippen LogP contribution in [-0.4, -0.2) is 23.2 Å². The molecule has 2 aromatic rings. The van der Waals surface area contributed by atoms with Gasteiger partial charge < -0.3 is 11.1 Å². The molecule has 0 saturated carbocycles. The predicted molar refractivity (Wildman–Crippen MR) is 83.2 cm³/mol. The van der Waals surface area contributed by atoms with Crippen molar-refractivity contribution < 1.29 is 4.79 Å². The summed E-state index contributed by atoms with van der Waals surface area (Å²) in [4.78, 5) is 17.0. The Labute approximate surface area is 126 Å². The predicted octanol–water partition coefficient (Wildman–Crippen LogP) is 2.84. The average Bonchev–Trinajstić information content (AvgIpc) is 2.47. The minimum Gasteiger partial charge on any atom is -0.397 e. The molecule has 1 heterocycles. The van der Waals surface area contributed by atoms with Crippen molar-refractivity contribution in [2.24, 2.45) is 0 Å². The molecular weight excluding hydrogens is 294 g/mol. The first kappa shape index (κ1) is 14.7. The normalized spacial score (nSPS) is 10.2. The van der Waals surface area contributed by atoms with Crippen molar-refractivity contribution in [2.45, 2.75) is 4.90 Å². The van der Waals surface area contributed by atoms with Gasteiger partial charge in [0, 0.05) is 17.2 Å². The number of nitrogens with two attached hydrogens (primary N) is 1. The highest BCUT2D eigenvalue weighted by atomic mass is 35.5. The van der Waals surface area contributed by atoms with Gasteiger partial charge in [-0.1, -0.05) is 29.8 Å². The van der Waals surface area contributed by atoms with E-state index in [9.17, 15) is 4.79 Å². The Balaban J connectivity index is 1.82. The van der Waals surface area contributed by atoms with Gasteiger partial charge in [0.25, 0.3) is 5.91 Å². The second-order valence-corrected chi connectivity index (χ2v) is 5.55. The van der Waals surface area contributed by atoms with Gasteiger partial charge in [0.05, 0.1) is 17.4 Å². The van der Waals surface area contributed by atoms with Crippen LogP contribution >= 0.6 is 23.4 Å². The summed E-state index contributed by atoms with van der Waals surface area (Å²) in [6, 6.07) is 11.5. The molecule has 1 aromatic carbocycles. The van der Waals surface area contributed by atoms with Gasteiger partial charge in [0.2, 0.25) is 0 Å². The number of amides is 1. The third-order valence-electron chi connectivity index (χ3n) is 2.50. The number of pyridine rings is 1. The van der Waals surface area contributed by atoms with Gasteiger partial charge in [0.15, 0.2) is 0 Å². The maximum absolute atomic E-state index is 11.9. The SMILES string of the molecule is Nc1cnc(Cl)c(C(=O)NCCSc2ccccc2)c1. The summed E-state index contributed by atoms with van der Waals surface area (Å²) in [5.41, 5.74) is 6.31. The highest BCUT2D eigenvalue weighted by Gasteiger charge is 2.11. The molecule has 0 fully saturated rings. The van der Waals surface area contributed by atoms with Crippen molar-refractivity contribution in [3.05, 3.63) is 53.3 Å². The van der Waals surface area contributed by atoms with Crippen molar-refractivity contribution in [3.63, 3.8) is 0 Å². The zero-order chi connectivity index (χ0) is 14.4. The van der Waals surface area contributed by atoms with E-state index in [1.54, 1.807) is 11.8 Å². The summed E-state index contributed by atoms with van der Waals surface area (Å²) in [5, 5.41) is 2.96. The van der Waals surface area contributed by atoms with Crippen LogP contribution in [0.15, 0.2) is 47.5 Å². The monoisotopic (exact) mass is 307 g/mol. The molecule has 20 heavy (non-hydrogen) atoms. The van der Waals surface area contributed by atoms with E-state index in [4.69, 9.17) is 17.3 Å². The molecule has 4 nitrogen and oxygen atoms in total. The molecule has 0 unspecified atom stereocenters. The Bertz CT molecular complexity index is 592. The first-order chi connectivity index (χ1) is 9.66. The zero-order valence-electron chi connectivity index (χ0n) is 10.7. The van der Waals surface area contributed by atoms with Crippen LogP contribution in [0.3, 0.4) is 0 Å². The summed E-state index contributed by atoms with van der Waals surface area (Å²) in [6.07, 6.45) is 1.42. The highest BCUT2D eigenvalue weighted by Crippen LogP contribution is 2.17. The van der Waals surface area contributed by atoms with Crippen molar-refractivity contribution in [3.8, 4) is 0 Å². The van der Waals surface area contributed by atoms with Crippen molar-refractivity contribution in [1.29, 1.82) is 0 Å². The smallest absolute Gasteiger partial charge is 0.254 e. The fourth-order valence-electron chi connectivity index (χ4n) is 1.57. The molecule has 1 aromatic heterocycles. The summed E-state index contributed by atoms with van der Waals surface area (Å²) in [7, 11) is 0. The number of nitrogen functional groups attached to an aromatic ring is 1. The molecule has 0 spiro atoms. The van der Waals surface area contributed by atoms with Crippen LogP contribution in [0.5, 0.6) is 0 Å². The first-order valence-corrected chi connectivity index (χ1v) is 7.40. The molecule has 104 valence electrons. The lowest BCUT2D eigenvalue weighted by atomic mass is 10.2. The number of hydrogen-bond acceptors (Lipinski definition) is 4. The van der Waals surface area contributed by atoms with Crippen LogP contribution in [0.4, 0.5) is 5.69 Å². The summed E-state index contributed by atoms with van der Waals surface area (Å²) in [5.74, 6) is 0.520. The van der Waals surface area contributed by atoms with Crippen LogP contribution in [-0.2, 0) is 0 Å². The Hall–Kier alpha value is -1.72. The number of carbonyl (C=O) groups is 1. The van der Waals surface area contributed by atoms with Gasteiger partial charge in [-0.25, -0.2) is 4.98 Å². The topological polar surface area (TPSA) is 68.0 Å². The van der Waals surface area contributed by atoms with E-state index in [0.717, 1.165) is 5.75 Å².